The first-order valence-corrected chi connectivity index (χ1v) is 13.5. The van der Waals surface area contributed by atoms with Gasteiger partial charge in [0.05, 0.1) is 23.0 Å². The highest BCUT2D eigenvalue weighted by atomic mass is 35.5. The molecule has 0 radical (unpaired) electrons. The molecule has 206 valence electrons. The molecule has 12 heteroatoms. The number of hydrogen-bond donors (Lipinski definition) is 2. The fraction of sp³-hybridized carbons (Fsp3) is 0.333. The van der Waals surface area contributed by atoms with Gasteiger partial charge in [0.25, 0.3) is 0 Å². The van der Waals surface area contributed by atoms with Gasteiger partial charge in [0.2, 0.25) is 5.95 Å². The molecule has 1 aromatic carbocycles. The van der Waals surface area contributed by atoms with Gasteiger partial charge in [-0.15, -0.1) is 0 Å². The lowest BCUT2D eigenvalue weighted by Gasteiger charge is -2.51. The molecule has 2 aliphatic heterocycles. The first kappa shape index (κ1) is 27.8. The van der Waals surface area contributed by atoms with E-state index in [9.17, 15) is 4.39 Å². The number of hydrogen-bond acceptors (Lipinski definition) is 10. The minimum Gasteiger partial charge on any atom is -0.396 e. The molecule has 6 unspecified atom stereocenters. The summed E-state index contributed by atoms with van der Waals surface area (Å²) in [7, 11) is 1.58. The second-order valence-electron chi connectivity index (χ2n) is 9.20. The standard InChI is InChI=1S/C27H29ClFN5O4S/c1-15-8-9-20(33-25(15)29)19(30)13-34(31)22-23-21(14-36-26(38-23)16-6-4-3-5-7-16)37-27(24(22)35-2)39-18-10-17(28)11-32-12-18/h3-13,21-24,26-27H,14,30-31H2,1-2H3/b19-13-. The summed E-state index contributed by atoms with van der Waals surface area (Å²) in [5.74, 6) is 6.05. The molecule has 0 aliphatic carbocycles. The Morgan fingerprint density at radius 3 is 2.72 bits per heavy atom. The van der Waals surface area contributed by atoms with Crippen molar-refractivity contribution >= 4 is 29.1 Å². The Labute approximate surface area is 235 Å². The molecule has 0 amide bonds. The highest BCUT2D eigenvalue weighted by molar-refractivity contribution is 7.99. The van der Waals surface area contributed by atoms with Gasteiger partial charge in [-0.3, -0.25) is 4.98 Å². The minimum atomic E-state index is -0.625. The van der Waals surface area contributed by atoms with Gasteiger partial charge in [0, 0.05) is 41.7 Å². The molecule has 2 saturated heterocycles. The molecule has 39 heavy (non-hydrogen) atoms. The van der Waals surface area contributed by atoms with E-state index < -0.39 is 42.0 Å². The Kier molecular flexibility index (Phi) is 8.67. The van der Waals surface area contributed by atoms with Gasteiger partial charge in [-0.1, -0.05) is 59.8 Å². The first-order chi connectivity index (χ1) is 18.8. The molecule has 3 aromatic rings. The summed E-state index contributed by atoms with van der Waals surface area (Å²) in [5.41, 5.74) is 7.53. The molecular weight excluding hydrogens is 545 g/mol. The van der Waals surface area contributed by atoms with Crippen LogP contribution in [0.25, 0.3) is 5.70 Å². The van der Waals surface area contributed by atoms with Crippen molar-refractivity contribution < 1.29 is 23.3 Å². The van der Waals surface area contributed by atoms with Crippen molar-refractivity contribution in [1.82, 2.24) is 15.0 Å². The number of ether oxygens (including phenoxy) is 4. The number of aromatic nitrogens is 2. The number of rotatable bonds is 7. The lowest BCUT2D eigenvalue weighted by molar-refractivity contribution is -0.309. The molecule has 0 spiro atoms. The van der Waals surface area contributed by atoms with E-state index in [2.05, 4.69) is 9.97 Å². The van der Waals surface area contributed by atoms with Gasteiger partial charge in [-0.05, 0) is 19.1 Å². The Morgan fingerprint density at radius 2 is 2.00 bits per heavy atom. The van der Waals surface area contributed by atoms with E-state index in [0.717, 1.165) is 10.5 Å². The van der Waals surface area contributed by atoms with Crippen molar-refractivity contribution in [3.63, 3.8) is 0 Å². The number of aryl methyl sites for hydroxylation is 1. The molecule has 6 atom stereocenters. The van der Waals surface area contributed by atoms with Crippen molar-refractivity contribution in [1.29, 1.82) is 0 Å². The van der Waals surface area contributed by atoms with Crippen LogP contribution in [0.15, 0.2) is 72.0 Å². The van der Waals surface area contributed by atoms with Crippen LogP contribution < -0.4 is 11.6 Å². The van der Waals surface area contributed by atoms with Gasteiger partial charge >= 0.3 is 0 Å². The van der Waals surface area contributed by atoms with E-state index in [1.165, 1.54) is 23.0 Å². The van der Waals surface area contributed by atoms with Gasteiger partial charge in [-0.2, -0.15) is 4.39 Å². The number of methoxy groups -OCH3 is 1. The third-order valence-electron chi connectivity index (χ3n) is 6.55. The molecule has 2 aromatic heterocycles. The van der Waals surface area contributed by atoms with E-state index in [0.29, 0.717) is 10.6 Å². The van der Waals surface area contributed by atoms with Crippen LogP contribution in [0, 0.1) is 12.9 Å². The van der Waals surface area contributed by atoms with Crippen molar-refractivity contribution in [3.05, 3.63) is 94.9 Å². The SMILES string of the molecule is COC1C(Sc2cncc(Cl)c2)OC2COC(c3ccccc3)OC2C1N(N)/C=C(\N)c1ccc(C)c(F)n1. The lowest BCUT2D eigenvalue weighted by atomic mass is 9.95. The smallest absolute Gasteiger partial charge is 0.216 e. The zero-order valence-corrected chi connectivity index (χ0v) is 22.9. The predicted octanol–water partition coefficient (Wildman–Crippen LogP) is 4.03. The summed E-state index contributed by atoms with van der Waals surface area (Å²) in [6.07, 6.45) is 2.53. The second-order valence-corrected chi connectivity index (χ2v) is 10.8. The molecule has 2 aliphatic rings. The molecule has 9 nitrogen and oxygen atoms in total. The molecule has 5 rings (SSSR count). The number of thioether (sulfide) groups is 1. The number of nitrogens with zero attached hydrogens (tertiary/aromatic N) is 3. The molecule has 2 fully saturated rings. The largest absolute Gasteiger partial charge is 0.396 e. The molecule has 0 saturated carbocycles. The van der Waals surface area contributed by atoms with Crippen molar-refractivity contribution in [2.45, 2.75) is 47.9 Å². The van der Waals surface area contributed by atoms with Crippen LogP contribution >= 0.6 is 23.4 Å². The maximum Gasteiger partial charge on any atom is 0.216 e. The summed E-state index contributed by atoms with van der Waals surface area (Å²) >= 11 is 7.57. The number of pyridine rings is 2. The van der Waals surface area contributed by atoms with Gasteiger partial charge < -0.3 is 29.7 Å². The van der Waals surface area contributed by atoms with Crippen molar-refractivity contribution in [3.8, 4) is 0 Å². The lowest BCUT2D eigenvalue weighted by Crippen LogP contribution is -2.67. The minimum absolute atomic E-state index is 0.184. The Balaban J connectivity index is 1.47. The number of fused-ring (bicyclic) bond motifs is 1. The van der Waals surface area contributed by atoms with Crippen LogP contribution in [0.5, 0.6) is 0 Å². The average molecular weight is 574 g/mol. The van der Waals surface area contributed by atoms with Crippen LogP contribution in [0.2, 0.25) is 5.02 Å². The summed E-state index contributed by atoms with van der Waals surface area (Å²) < 4.78 is 39.0. The average Bonchev–Trinajstić information content (AvgIpc) is 2.94. The van der Waals surface area contributed by atoms with Gasteiger partial charge in [0.15, 0.2) is 6.29 Å². The second kappa shape index (κ2) is 12.2. The van der Waals surface area contributed by atoms with E-state index in [4.69, 9.17) is 42.1 Å². The Bertz CT molecular complexity index is 1320. The quantitative estimate of drug-likeness (QED) is 0.244. The predicted molar refractivity (Wildman–Crippen MR) is 145 cm³/mol. The fourth-order valence-electron chi connectivity index (χ4n) is 4.60. The summed E-state index contributed by atoms with van der Waals surface area (Å²) in [6.45, 7) is 1.89. The Hall–Kier alpha value is -2.77. The summed E-state index contributed by atoms with van der Waals surface area (Å²) in [4.78, 5) is 8.91. The first-order valence-electron chi connectivity index (χ1n) is 12.3. The molecular formula is C27H29ClFN5O4S. The monoisotopic (exact) mass is 573 g/mol. The highest BCUT2D eigenvalue weighted by Crippen LogP contribution is 2.41. The molecule has 4 heterocycles. The summed E-state index contributed by atoms with van der Waals surface area (Å²) in [5, 5.41) is 1.93. The van der Waals surface area contributed by atoms with Crippen LogP contribution in [0.1, 0.15) is 23.1 Å². The third-order valence-corrected chi connectivity index (χ3v) is 7.86. The van der Waals surface area contributed by atoms with Crippen LogP contribution in [0.3, 0.4) is 0 Å². The van der Waals surface area contributed by atoms with E-state index >= 15 is 0 Å². The number of hydrazine groups is 1. The maximum atomic E-state index is 14.1. The van der Waals surface area contributed by atoms with Crippen LogP contribution in [0.4, 0.5) is 4.39 Å². The number of benzene rings is 1. The zero-order chi connectivity index (χ0) is 27.5. The van der Waals surface area contributed by atoms with E-state index in [1.807, 2.05) is 30.3 Å². The van der Waals surface area contributed by atoms with Crippen molar-refractivity contribution in [2.24, 2.45) is 11.6 Å². The van der Waals surface area contributed by atoms with Crippen LogP contribution in [-0.4, -0.2) is 58.5 Å². The fourth-order valence-corrected chi connectivity index (χ4v) is 6.03. The number of halogens is 2. The maximum absolute atomic E-state index is 14.1. The Morgan fingerprint density at radius 1 is 1.21 bits per heavy atom. The number of nitrogens with two attached hydrogens (primary N) is 2. The van der Waals surface area contributed by atoms with Crippen molar-refractivity contribution in [2.75, 3.05) is 13.7 Å². The van der Waals surface area contributed by atoms with E-state index in [-0.39, 0.29) is 18.0 Å². The molecule has 0 bridgehead atoms. The van der Waals surface area contributed by atoms with Gasteiger partial charge in [0.1, 0.15) is 29.8 Å². The van der Waals surface area contributed by atoms with E-state index in [1.54, 1.807) is 44.6 Å². The zero-order valence-electron chi connectivity index (χ0n) is 21.3. The highest BCUT2D eigenvalue weighted by Gasteiger charge is 2.52. The van der Waals surface area contributed by atoms with Gasteiger partial charge in [-0.25, -0.2) is 10.8 Å². The third kappa shape index (κ3) is 6.20. The van der Waals surface area contributed by atoms with Crippen LogP contribution in [-0.2, 0) is 18.9 Å². The summed E-state index contributed by atoms with van der Waals surface area (Å²) in [6, 6.07) is 14.1. The normalized spacial score (nSPS) is 27.2. The topological polar surface area (TPSA) is 118 Å². The molecule has 4 N–H and O–H groups in total.